The Morgan fingerprint density at radius 2 is 1.76 bits per heavy atom. The van der Waals surface area contributed by atoms with Crippen molar-refractivity contribution in [2.24, 2.45) is 0 Å². The van der Waals surface area contributed by atoms with Gasteiger partial charge in [0.2, 0.25) is 5.82 Å². The minimum absolute atomic E-state index is 0.201. The first-order valence-electron chi connectivity index (χ1n) is 5.11. The van der Waals surface area contributed by atoms with Crippen molar-refractivity contribution in [2.45, 2.75) is 12.1 Å². The molecule has 2 rings (SSSR count). The molecule has 0 amide bonds. The van der Waals surface area contributed by atoms with Crippen molar-refractivity contribution >= 4 is 28.2 Å². The number of nitro groups is 1. The topological polar surface area (TPSA) is 68.9 Å². The molecule has 0 radical (unpaired) electrons. The van der Waals surface area contributed by atoms with Crippen molar-refractivity contribution in [3.8, 4) is 0 Å². The zero-order valence-electron chi connectivity index (χ0n) is 9.66. The molecule has 0 unspecified atom stereocenters. The third-order valence-electron chi connectivity index (χ3n) is 2.48. The van der Waals surface area contributed by atoms with E-state index >= 15 is 0 Å². The summed E-state index contributed by atoms with van der Waals surface area (Å²) >= 11 is 5.52. The summed E-state index contributed by atoms with van der Waals surface area (Å²) in [6.07, 6.45) is -5.88. The number of aromatic nitrogens is 2. The van der Waals surface area contributed by atoms with Crippen LogP contribution >= 0.6 is 11.6 Å². The standard InChI is InChI=1S/C10H3ClF5N3O2/c11-7-5-3-4(19(20)21)1-2-6(5)17-8(18-7)9(12,13)10(14,15)16/h1-3H. The van der Waals surface area contributed by atoms with Gasteiger partial charge in [0.15, 0.2) is 0 Å². The Morgan fingerprint density at radius 1 is 1.14 bits per heavy atom. The maximum absolute atomic E-state index is 13.2. The summed E-state index contributed by atoms with van der Waals surface area (Å²) in [5, 5.41) is 9.63. The second-order valence-corrected chi connectivity index (χ2v) is 4.23. The second kappa shape index (κ2) is 4.72. The summed E-state index contributed by atoms with van der Waals surface area (Å²) in [6.45, 7) is 0. The number of rotatable bonds is 2. The Bertz CT molecular complexity index is 734. The molecule has 0 N–H and O–H groups in total. The third kappa shape index (κ3) is 2.58. The number of non-ortho nitro benzene ring substituents is 1. The van der Waals surface area contributed by atoms with Crippen molar-refractivity contribution in [1.82, 2.24) is 9.97 Å². The summed E-state index contributed by atoms with van der Waals surface area (Å²) in [6, 6.07) is 2.70. The van der Waals surface area contributed by atoms with Crippen LogP contribution in [0.1, 0.15) is 5.82 Å². The van der Waals surface area contributed by atoms with E-state index in [1.807, 2.05) is 0 Å². The maximum atomic E-state index is 13.2. The second-order valence-electron chi connectivity index (χ2n) is 3.87. The van der Waals surface area contributed by atoms with Crippen LogP contribution in [0.25, 0.3) is 10.9 Å². The van der Waals surface area contributed by atoms with E-state index in [2.05, 4.69) is 9.97 Å². The Hall–Kier alpha value is -2.10. The molecule has 2 aromatic rings. The molecule has 0 fully saturated rings. The van der Waals surface area contributed by atoms with Crippen LogP contribution in [0.15, 0.2) is 18.2 Å². The van der Waals surface area contributed by atoms with Gasteiger partial charge < -0.3 is 0 Å². The molecule has 0 spiro atoms. The lowest BCUT2D eigenvalue weighted by Crippen LogP contribution is -2.35. The Balaban J connectivity index is 2.67. The van der Waals surface area contributed by atoms with Gasteiger partial charge in [-0.25, -0.2) is 9.97 Å². The summed E-state index contributed by atoms with van der Waals surface area (Å²) in [4.78, 5) is 15.8. The average molecular weight is 328 g/mol. The monoisotopic (exact) mass is 327 g/mol. The fourth-order valence-electron chi connectivity index (χ4n) is 1.46. The summed E-state index contributed by atoms with van der Waals surface area (Å²) in [5.41, 5.74) is -0.789. The highest BCUT2D eigenvalue weighted by Gasteiger charge is 2.61. The number of halogens is 6. The number of nitrogens with zero attached hydrogens (tertiary/aromatic N) is 3. The SMILES string of the molecule is O=[N+]([O-])c1ccc2nc(C(F)(F)C(F)(F)F)nc(Cl)c2c1. The molecular formula is C10H3ClF5N3O2. The lowest BCUT2D eigenvalue weighted by atomic mass is 10.2. The summed E-state index contributed by atoms with van der Waals surface area (Å²) in [7, 11) is 0. The lowest BCUT2D eigenvalue weighted by Gasteiger charge is -2.18. The highest BCUT2D eigenvalue weighted by Crippen LogP contribution is 2.43. The van der Waals surface area contributed by atoms with Gasteiger partial charge >= 0.3 is 12.1 Å². The molecule has 0 bridgehead atoms. The van der Waals surface area contributed by atoms with E-state index in [0.717, 1.165) is 18.2 Å². The molecule has 0 atom stereocenters. The van der Waals surface area contributed by atoms with Crippen molar-refractivity contribution in [1.29, 1.82) is 0 Å². The maximum Gasteiger partial charge on any atom is 0.461 e. The van der Waals surface area contributed by atoms with E-state index < -0.39 is 33.7 Å². The zero-order valence-corrected chi connectivity index (χ0v) is 10.4. The fourth-order valence-corrected chi connectivity index (χ4v) is 1.69. The molecule has 1 heterocycles. The Morgan fingerprint density at radius 3 is 2.29 bits per heavy atom. The van der Waals surface area contributed by atoms with E-state index in [0.29, 0.717) is 0 Å². The normalized spacial score (nSPS) is 12.7. The van der Waals surface area contributed by atoms with E-state index in [9.17, 15) is 32.1 Å². The van der Waals surface area contributed by atoms with Crippen LogP contribution in [0.3, 0.4) is 0 Å². The van der Waals surface area contributed by atoms with Gasteiger partial charge in [0.1, 0.15) is 5.15 Å². The largest absolute Gasteiger partial charge is 0.461 e. The molecule has 1 aromatic heterocycles. The van der Waals surface area contributed by atoms with E-state index in [-0.39, 0.29) is 10.9 Å². The van der Waals surface area contributed by atoms with Gasteiger partial charge in [0.05, 0.1) is 10.4 Å². The zero-order chi connectivity index (χ0) is 16.0. The summed E-state index contributed by atoms with van der Waals surface area (Å²) < 4.78 is 63.1. The third-order valence-corrected chi connectivity index (χ3v) is 2.77. The molecule has 0 aliphatic rings. The van der Waals surface area contributed by atoms with Gasteiger partial charge in [-0.15, -0.1) is 0 Å². The first-order chi connectivity index (χ1) is 9.54. The molecule has 112 valence electrons. The number of nitro benzene ring substituents is 1. The van der Waals surface area contributed by atoms with E-state index in [4.69, 9.17) is 11.6 Å². The van der Waals surface area contributed by atoms with Gasteiger partial charge in [-0.05, 0) is 6.07 Å². The molecule has 0 saturated carbocycles. The smallest absolute Gasteiger partial charge is 0.258 e. The Labute approximate surface area is 117 Å². The minimum atomic E-state index is -5.88. The Kier molecular flexibility index (Phi) is 3.44. The van der Waals surface area contributed by atoms with Crippen LogP contribution in [0.2, 0.25) is 5.15 Å². The van der Waals surface area contributed by atoms with Gasteiger partial charge in [-0.1, -0.05) is 11.6 Å². The predicted octanol–water partition coefficient (Wildman–Crippen LogP) is 3.85. The highest BCUT2D eigenvalue weighted by atomic mass is 35.5. The number of hydrogen-bond donors (Lipinski definition) is 0. The molecule has 0 aliphatic heterocycles. The molecule has 21 heavy (non-hydrogen) atoms. The van der Waals surface area contributed by atoms with Crippen LogP contribution in [0.5, 0.6) is 0 Å². The van der Waals surface area contributed by atoms with E-state index in [1.165, 1.54) is 0 Å². The highest BCUT2D eigenvalue weighted by molar-refractivity contribution is 6.34. The molecular weight excluding hydrogens is 325 g/mol. The number of alkyl halides is 5. The molecule has 0 saturated heterocycles. The van der Waals surface area contributed by atoms with Crippen molar-refractivity contribution in [2.75, 3.05) is 0 Å². The first kappa shape index (κ1) is 15.3. The number of hydrogen-bond acceptors (Lipinski definition) is 4. The first-order valence-corrected chi connectivity index (χ1v) is 5.48. The fraction of sp³-hybridized carbons (Fsp3) is 0.200. The molecule has 5 nitrogen and oxygen atoms in total. The van der Waals surface area contributed by atoms with Crippen LogP contribution in [-0.4, -0.2) is 21.1 Å². The van der Waals surface area contributed by atoms with Gasteiger partial charge in [-0.3, -0.25) is 10.1 Å². The van der Waals surface area contributed by atoms with Crippen LogP contribution in [-0.2, 0) is 5.92 Å². The molecule has 11 heteroatoms. The predicted molar refractivity (Wildman–Crippen MR) is 61.2 cm³/mol. The van der Waals surface area contributed by atoms with Crippen molar-refractivity contribution < 1.29 is 26.9 Å². The average Bonchev–Trinajstić information content (AvgIpc) is 2.36. The number of fused-ring (bicyclic) bond motifs is 1. The quantitative estimate of drug-likeness (QED) is 0.363. The van der Waals surface area contributed by atoms with E-state index in [1.54, 1.807) is 0 Å². The molecule has 1 aromatic carbocycles. The lowest BCUT2D eigenvalue weighted by molar-refractivity contribution is -0.384. The number of benzene rings is 1. The van der Waals surface area contributed by atoms with Crippen LogP contribution < -0.4 is 0 Å². The molecule has 0 aliphatic carbocycles. The van der Waals surface area contributed by atoms with Gasteiger partial charge in [0.25, 0.3) is 5.69 Å². The minimum Gasteiger partial charge on any atom is -0.258 e. The van der Waals surface area contributed by atoms with Crippen molar-refractivity contribution in [3.63, 3.8) is 0 Å². The van der Waals surface area contributed by atoms with Crippen LogP contribution in [0, 0.1) is 10.1 Å². The summed E-state index contributed by atoms with van der Waals surface area (Å²) in [5.74, 6) is -7.10. The van der Waals surface area contributed by atoms with Gasteiger partial charge in [0, 0.05) is 17.5 Å². The van der Waals surface area contributed by atoms with Crippen molar-refractivity contribution in [3.05, 3.63) is 39.3 Å². The van der Waals surface area contributed by atoms with Gasteiger partial charge in [-0.2, -0.15) is 22.0 Å². The van der Waals surface area contributed by atoms with Crippen LogP contribution in [0.4, 0.5) is 27.6 Å².